The Labute approximate surface area is 88.4 Å². The molecule has 0 fully saturated rings. The van der Waals surface area contributed by atoms with Crippen LogP contribution in [0.3, 0.4) is 0 Å². The Morgan fingerprint density at radius 1 is 1.14 bits per heavy atom. The minimum absolute atomic E-state index is 0.764. The van der Waals surface area contributed by atoms with E-state index in [1.807, 2.05) is 43.6 Å². The molecule has 0 bridgehead atoms. The van der Waals surface area contributed by atoms with Crippen molar-refractivity contribution < 1.29 is 0 Å². The zero-order valence-electron chi connectivity index (χ0n) is 7.87. The average Bonchev–Trinajstić information content (AvgIpc) is 2.18. The van der Waals surface area contributed by atoms with Crippen molar-refractivity contribution in [1.29, 1.82) is 0 Å². The highest BCUT2D eigenvalue weighted by atomic mass is 35.5. The summed E-state index contributed by atoms with van der Waals surface area (Å²) in [5.41, 5.74) is 3.24. The predicted octanol–water partition coefficient (Wildman–Crippen LogP) is 3.71. The molecule has 14 heavy (non-hydrogen) atoms. The molecule has 2 rings (SSSR count). The zero-order chi connectivity index (χ0) is 9.97. The fraction of sp³-hybridized carbons (Fsp3) is 0.0833. The number of hydrogen-bond donors (Lipinski definition) is 0. The van der Waals surface area contributed by atoms with Crippen LogP contribution in [0.15, 0.2) is 42.7 Å². The average molecular weight is 204 g/mol. The molecule has 0 aliphatic rings. The van der Waals surface area contributed by atoms with Crippen LogP contribution in [0.5, 0.6) is 0 Å². The first-order valence-electron chi connectivity index (χ1n) is 4.44. The molecule has 0 unspecified atom stereocenters. The second kappa shape index (κ2) is 3.81. The molecule has 2 heteroatoms. The SMILES string of the molecule is Cc1cncc(-c2ccccc2Cl)c1. The molecular formula is C12H10ClN. The summed E-state index contributed by atoms with van der Waals surface area (Å²) in [6.07, 6.45) is 3.66. The van der Waals surface area contributed by atoms with Crippen LogP contribution >= 0.6 is 11.6 Å². The lowest BCUT2D eigenvalue weighted by atomic mass is 10.1. The summed E-state index contributed by atoms with van der Waals surface area (Å²) in [5.74, 6) is 0. The summed E-state index contributed by atoms with van der Waals surface area (Å²) in [6.45, 7) is 2.02. The predicted molar refractivity (Wildman–Crippen MR) is 59.4 cm³/mol. The highest BCUT2D eigenvalue weighted by Gasteiger charge is 2.01. The van der Waals surface area contributed by atoms with Gasteiger partial charge in [-0.15, -0.1) is 0 Å². The van der Waals surface area contributed by atoms with Gasteiger partial charge in [0, 0.05) is 28.5 Å². The molecule has 1 heterocycles. The van der Waals surface area contributed by atoms with E-state index in [1.165, 1.54) is 0 Å². The molecule has 2 aromatic rings. The topological polar surface area (TPSA) is 12.9 Å². The van der Waals surface area contributed by atoms with Crippen molar-refractivity contribution in [2.24, 2.45) is 0 Å². The van der Waals surface area contributed by atoms with Crippen molar-refractivity contribution in [3.63, 3.8) is 0 Å². The van der Waals surface area contributed by atoms with Gasteiger partial charge in [-0.2, -0.15) is 0 Å². The number of halogens is 1. The summed E-state index contributed by atoms with van der Waals surface area (Å²) in [5, 5.41) is 0.764. The van der Waals surface area contributed by atoms with E-state index in [0.29, 0.717) is 0 Å². The summed E-state index contributed by atoms with van der Waals surface area (Å²) in [6, 6.07) is 9.87. The lowest BCUT2D eigenvalue weighted by Gasteiger charge is -2.03. The standard InChI is InChI=1S/C12H10ClN/c1-9-6-10(8-14-7-9)11-4-2-3-5-12(11)13/h2-8H,1H3. The number of rotatable bonds is 1. The number of nitrogens with zero attached hydrogens (tertiary/aromatic N) is 1. The van der Waals surface area contributed by atoms with Crippen LogP contribution in [-0.2, 0) is 0 Å². The molecule has 0 N–H and O–H groups in total. The van der Waals surface area contributed by atoms with E-state index in [-0.39, 0.29) is 0 Å². The minimum atomic E-state index is 0.764. The van der Waals surface area contributed by atoms with Crippen molar-refractivity contribution in [3.8, 4) is 11.1 Å². The Hall–Kier alpha value is -1.34. The molecular weight excluding hydrogens is 194 g/mol. The van der Waals surface area contributed by atoms with Gasteiger partial charge in [0.1, 0.15) is 0 Å². The van der Waals surface area contributed by atoms with Crippen molar-refractivity contribution in [1.82, 2.24) is 4.98 Å². The monoisotopic (exact) mass is 203 g/mol. The highest BCUT2D eigenvalue weighted by Crippen LogP contribution is 2.26. The molecule has 1 nitrogen and oxygen atoms in total. The van der Waals surface area contributed by atoms with Crippen LogP contribution in [0.2, 0.25) is 5.02 Å². The minimum Gasteiger partial charge on any atom is -0.264 e. The molecule has 0 aliphatic heterocycles. The summed E-state index contributed by atoms with van der Waals surface area (Å²) < 4.78 is 0. The van der Waals surface area contributed by atoms with Gasteiger partial charge in [0.15, 0.2) is 0 Å². The van der Waals surface area contributed by atoms with E-state index >= 15 is 0 Å². The Kier molecular flexibility index (Phi) is 2.51. The number of aromatic nitrogens is 1. The van der Waals surface area contributed by atoms with Crippen molar-refractivity contribution in [2.45, 2.75) is 6.92 Å². The smallest absolute Gasteiger partial charge is 0.0484 e. The molecule has 0 amide bonds. The van der Waals surface area contributed by atoms with Gasteiger partial charge in [-0.1, -0.05) is 29.8 Å². The van der Waals surface area contributed by atoms with Gasteiger partial charge in [0.25, 0.3) is 0 Å². The van der Waals surface area contributed by atoms with E-state index in [1.54, 1.807) is 0 Å². The van der Waals surface area contributed by atoms with Crippen LogP contribution in [0.4, 0.5) is 0 Å². The van der Waals surface area contributed by atoms with Crippen molar-refractivity contribution in [3.05, 3.63) is 53.3 Å². The lowest BCUT2D eigenvalue weighted by molar-refractivity contribution is 1.27. The maximum atomic E-state index is 6.08. The third-order valence-electron chi connectivity index (χ3n) is 2.06. The van der Waals surface area contributed by atoms with E-state index in [9.17, 15) is 0 Å². The fourth-order valence-electron chi connectivity index (χ4n) is 1.40. The Morgan fingerprint density at radius 3 is 2.64 bits per heavy atom. The second-order valence-electron chi connectivity index (χ2n) is 3.23. The first-order valence-corrected chi connectivity index (χ1v) is 4.82. The van der Waals surface area contributed by atoms with Crippen LogP contribution in [0, 0.1) is 6.92 Å². The third kappa shape index (κ3) is 1.78. The Bertz CT molecular complexity index is 452. The molecule has 0 atom stereocenters. The summed E-state index contributed by atoms with van der Waals surface area (Å²) in [7, 11) is 0. The van der Waals surface area contributed by atoms with Crippen LogP contribution in [0.1, 0.15) is 5.56 Å². The van der Waals surface area contributed by atoms with Gasteiger partial charge >= 0.3 is 0 Å². The molecule has 0 saturated carbocycles. The molecule has 0 radical (unpaired) electrons. The van der Waals surface area contributed by atoms with E-state index in [4.69, 9.17) is 11.6 Å². The molecule has 0 aliphatic carbocycles. The summed E-state index contributed by atoms with van der Waals surface area (Å²) in [4.78, 5) is 4.14. The number of pyridine rings is 1. The van der Waals surface area contributed by atoms with Gasteiger partial charge in [0.05, 0.1) is 0 Å². The van der Waals surface area contributed by atoms with E-state index in [2.05, 4.69) is 11.1 Å². The zero-order valence-corrected chi connectivity index (χ0v) is 8.62. The molecule has 0 saturated heterocycles. The van der Waals surface area contributed by atoms with Gasteiger partial charge in [-0.25, -0.2) is 0 Å². The van der Waals surface area contributed by atoms with Gasteiger partial charge < -0.3 is 0 Å². The summed E-state index contributed by atoms with van der Waals surface area (Å²) >= 11 is 6.08. The fourth-order valence-corrected chi connectivity index (χ4v) is 1.64. The largest absolute Gasteiger partial charge is 0.264 e. The number of benzene rings is 1. The first-order chi connectivity index (χ1) is 6.77. The quantitative estimate of drug-likeness (QED) is 0.689. The third-order valence-corrected chi connectivity index (χ3v) is 2.39. The van der Waals surface area contributed by atoms with Gasteiger partial charge in [0.2, 0.25) is 0 Å². The Balaban J connectivity index is 2.55. The maximum Gasteiger partial charge on any atom is 0.0484 e. The van der Waals surface area contributed by atoms with E-state index < -0.39 is 0 Å². The Morgan fingerprint density at radius 2 is 1.93 bits per heavy atom. The molecule has 1 aromatic carbocycles. The van der Waals surface area contributed by atoms with Crippen LogP contribution in [-0.4, -0.2) is 4.98 Å². The maximum absolute atomic E-state index is 6.08. The normalized spacial score (nSPS) is 10.1. The molecule has 70 valence electrons. The second-order valence-corrected chi connectivity index (χ2v) is 3.64. The van der Waals surface area contributed by atoms with Gasteiger partial charge in [-0.05, 0) is 24.6 Å². The van der Waals surface area contributed by atoms with Crippen LogP contribution in [0.25, 0.3) is 11.1 Å². The van der Waals surface area contributed by atoms with Crippen LogP contribution < -0.4 is 0 Å². The van der Waals surface area contributed by atoms with Crippen molar-refractivity contribution in [2.75, 3.05) is 0 Å². The number of aryl methyl sites for hydroxylation is 1. The van der Waals surface area contributed by atoms with Gasteiger partial charge in [-0.3, -0.25) is 4.98 Å². The highest BCUT2D eigenvalue weighted by molar-refractivity contribution is 6.33. The van der Waals surface area contributed by atoms with E-state index in [0.717, 1.165) is 21.7 Å². The molecule has 0 spiro atoms. The lowest BCUT2D eigenvalue weighted by Crippen LogP contribution is -1.82. The first kappa shape index (κ1) is 9.22. The molecule has 1 aromatic heterocycles. The van der Waals surface area contributed by atoms with Crippen molar-refractivity contribution >= 4 is 11.6 Å². The number of hydrogen-bond acceptors (Lipinski definition) is 1.